The van der Waals surface area contributed by atoms with E-state index < -0.39 is 72.8 Å². The number of alkyl halides is 3. The number of likely N-dealkylation sites (tertiary alicyclic amines) is 1. The number of sulfonamides is 1. The molecular formula is C31H32F3N4O10S+. The number of methoxy groups -OCH3 is 2. The first-order valence-electron chi connectivity index (χ1n) is 14.5. The molecule has 18 heteroatoms. The predicted molar refractivity (Wildman–Crippen MR) is 164 cm³/mol. The van der Waals surface area contributed by atoms with Gasteiger partial charge in [-0.05, 0) is 43.7 Å². The number of anilines is 1. The van der Waals surface area contributed by atoms with Crippen molar-refractivity contribution in [3.63, 3.8) is 0 Å². The van der Waals surface area contributed by atoms with Crippen molar-refractivity contribution in [1.82, 2.24) is 9.80 Å². The zero-order valence-electron chi connectivity index (χ0n) is 26.8. The van der Waals surface area contributed by atoms with E-state index in [9.17, 15) is 41.6 Å². The van der Waals surface area contributed by atoms with Gasteiger partial charge in [0.15, 0.2) is 11.3 Å². The van der Waals surface area contributed by atoms with Gasteiger partial charge >= 0.3 is 12.0 Å². The number of fused-ring (bicyclic) bond motifs is 1. The first-order valence-corrected chi connectivity index (χ1v) is 16.0. The number of aliphatic hydroxyl groups excluding tert-OH is 1. The van der Waals surface area contributed by atoms with Crippen LogP contribution in [0.4, 0.5) is 24.5 Å². The number of halogens is 3. The number of ether oxygens (including phenoxy) is 3. The molecule has 0 aliphatic carbocycles. The average Bonchev–Trinajstić information content (AvgIpc) is 3.53. The summed E-state index contributed by atoms with van der Waals surface area (Å²) in [6, 6.07) is 8.91. The molecule has 0 saturated carbocycles. The van der Waals surface area contributed by atoms with Crippen molar-refractivity contribution in [3.05, 3.63) is 76.2 Å². The summed E-state index contributed by atoms with van der Waals surface area (Å²) in [7, 11) is -0.0460. The van der Waals surface area contributed by atoms with E-state index in [1.54, 1.807) is 13.0 Å². The van der Waals surface area contributed by atoms with Gasteiger partial charge in [0.05, 0.1) is 37.0 Å². The molecule has 2 amide bonds. The third kappa shape index (κ3) is 5.89. The van der Waals surface area contributed by atoms with Crippen molar-refractivity contribution in [2.75, 3.05) is 39.2 Å². The number of aryl methyl sites for hydroxylation is 1. The van der Waals surface area contributed by atoms with Crippen LogP contribution in [0, 0.1) is 11.8 Å². The fourth-order valence-corrected chi connectivity index (χ4v) is 7.93. The van der Waals surface area contributed by atoms with Crippen molar-refractivity contribution < 1.29 is 60.6 Å². The highest BCUT2D eigenvalue weighted by Gasteiger charge is 2.64. The number of amides is 2. The summed E-state index contributed by atoms with van der Waals surface area (Å²) < 4.78 is 84.9. The SMILES string of the molecule is COc1ccc(S(=O)(=O)N2C(=O)C(c3cc(C)ccc3OC)(N3C[C@H](O)C[C@H]3C(=O)N(C)C)c3cc([N+](=O)O)ccc32)c(OC(F)(F)F)c1. The van der Waals surface area contributed by atoms with Crippen molar-refractivity contribution in [2.24, 2.45) is 0 Å². The molecule has 0 spiro atoms. The summed E-state index contributed by atoms with van der Waals surface area (Å²) in [6.45, 7) is 1.28. The molecule has 0 radical (unpaired) electrons. The van der Waals surface area contributed by atoms with Crippen molar-refractivity contribution >= 4 is 33.2 Å². The Morgan fingerprint density at radius 3 is 2.31 bits per heavy atom. The molecule has 1 unspecified atom stereocenters. The van der Waals surface area contributed by atoms with Crippen LogP contribution in [0.5, 0.6) is 17.2 Å². The van der Waals surface area contributed by atoms with Gasteiger partial charge in [0.2, 0.25) is 5.91 Å². The van der Waals surface area contributed by atoms with Crippen LogP contribution >= 0.6 is 0 Å². The number of β-amino-alcohol motifs (C(OH)–C–C–N with tert-alkyl or cyclic N) is 1. The van der Waals surface area contributed by atoms with Gasteiger partial charge in [-0.15, -0.1) is 13.2 Å². The summed E-state index contributed by atoms with van der Waals surface area (Å²) in [5.41, 5.74) is -3.00. The third-order valence-corrected chi connectivity index (χ3v) is 10.1. The number of carbonyl (C=O) groups excluding carboxylic acids is 2. The van der Waals surface area contributed by atoms with Crippen LogP contribution in [-0.4, -0.2) is 98.6 Å². The van der Waals surface area contributed by atoms with Crippen LogP contribution in [0.15, 0.2) is 59.5 Å². The van der Waals surface area contributed by atoms with E-state index in [1.165, 1.54) is 43.1 Å². The quantitative estimate of drug-likeness (QED) is 0.314. The minimum absolute atomic E-state index is 0.0151. The van der Waals surface area contributed by atoms with Gasteiger partial charge in [0, 0.05) is 50.0 Å². The first kappa shape index (κ1) is 35.4. The molecule has 0 bridgehead atoms. The van der Waals surface area contributed by atoms with Gasteiger partial charge in [0.25, 0.3) is 20.9 Å². The fourth-order valence-electron chi connectivity index (χ4n) is 6.37. The number of carbonyl (C=O) groups is 2. The lowest BCUT2D eigenvalue weighted by Crippen LogP contribution is -2.59. The average molecular weight is 710 g/mol. The predicted octanol–water partition coefficient (Wildman–Crippen LogP) is 3.21. The lowest BCUT2D eigenvalue weighted by Gasteiger charge is -2.42. The van der Waals surface area contributed by atoms with E-state index in [1.807, 2.05) is 0 Å². The number of likely N-dealkylation sites (N-methyl/N-ethyl adjacent to an activating group) is 1. The third-order valence-electron chi connectivity index (χ3n) is 8.38. The number of aliphatic hydroxyl groups is 1. The Bertz CT molecular complexity index is 1960. The van der Waals surface area contributed by atoms with Gasteiger partial charge in [-0.2, -0.15) is 0 Å². The molecule has 0 aromatic heterocycles. The molecule has 1 fully saturated rings. The van der Waals surface area contributed by atoms with Crippen LogP contribution < -0.4 is 18.5 Å². The number of nitrogens with zero attached hydrogens (tertiary/aromatic N) is 4. The molecule has 2 aliphatic rings. The van der Waals surface area contributed by atoms with Gasteiger partial charge in [-0.25, -0.2) is 17.9 Å². The van der Waals surface area contributed by atoms with Gasteiger partial charge in [-0.3, -0.25) is 14.5 Å². The Labute approximate surface area is 278 Å². The second-order valence-electron chi connectivity index (χ2n) is 11.6. The summed E-state index contributed by atoms with van der Waals surface area (Å²) >= 11 is 0. The normalized spacial score (nSPS) is 21.0. The maximum Gasteiger partial charge on any atom is 0.573 e. The number of rotatable bonds is 9. The molecule has 262 valence electrons. The van der Waals surface area contributed by atoms with Crippen molar-refractivity contribution in [2.45, 2.75) is 42.3 Å². The zero-order valence-corrected chi connectivity index (χ0v) is 27.6. The van der Waals surface area contributed by atoms with E-state index in [0.717, 1.165) is 37.4 Å². The number of benzene rings is 3. The maximum absolute atomic E-state index is 15.3. The summed E-state index contributed by atoms with van der Waals surface area (Å²) in [5, 5.41) is 20.9. The van der Waals surface area contributed by atoms with Crippen molar-refractivity contribution in [3.8, 4) is 17.2 Å². The highest BCUT2D eigenvalue weighted by Crippen LogP contribution is 2.55. The van der Waals surface area contributed by atoms with Gasteiger partial charge in [0.1, 0.15) is 16.4 Å². The first-order chi connectivity index (χ1) is 22.9. The maximum atomic E-state index is 15.3. The Morgan fingerprint density at radius 2 is 1.71 bits per heavy atom. The van der Waals surface area contributed by atoms with Crippen LogP contribution in [0.1, 0.15) is 23.1 Å². The van der Waals surface area contributed by atoms with Gasteiger partial charge in [-0.1, -0.05) is 11.6 Å². The van der Waals surface area contributed by atoms with E-state index in [-0.39, 0.29) is 39.9 Å². The van der Waals surface area contributed by atoms with E-state index in [4.69, 9.17) is 9.47 Å². The van der Waals surface area contributed by atoms with Crippen LogP contribution in [0.3, 0.4) is 0 Å². The Morgan fingerprint density at radius 1 is 1.02 bits per heavy atom. The Hall–Kier alpha value is -4.94. The molecule has 5 rings (SSSR count). The minimum atomic E-state index is -5.36. The lowest BCUT2D eigenvalue weighted by atomic mass is 9.80. The Kier molecular flexibility index (Phi) is 9.02. The largest absolute Gasteiger partial charge is 0.573 e. The molecule has 14 nitrogen and oxygen atoms in total. The van der Waals surface area contributed by atoms with Crippen LogP contribution in [-0.2, 0) is 25.2 Å². The standard InChI is InChI=1S/C31H32F3N4O10S/c1-17-6-10-25(47-5)22(12-17)30(36-16-19(39)14-24(36)28(40)35(2)3)21-13-18(38(42)43)7-9-23(21)37(29(30)41)49(44,45)27-11-8-20(46-4)15-26(27)48-31(32,33)34/h6-13,15,19,24,39H,14,16H2,1-5H3,(H,42,43)/q+1/t19-,24+,30?/m1/s1. The fraction of sp³-hybridized carbons (Fsp3) is 0.355. The van der Waals surface area contributed by atoms with E-state index in [2.05, 4.69) is 4.74 Å². The number of hydrogen-bond acceptors (Lipinski definition) is 10. The molecule has 3 aromatic rings. The monoisotopic (exact) mass is 709 g/mol. The van der Waals surface area contributed by atoms with E-state index in [0.29, 0.717) is 11.6 Å². The Balaban J connectivity index is 1.91. The topological polar surface area (TPSA) is 166 Å². The molecule has 1 saturated heterocycles. The highest BCUT2D eigenvalue weighted by atomic mass is 32.2. The zero-order chi connectivity index (χ0) is 36.2. The minimum Gasteiger partial charge on any atom is -0.497 e. The molecule has 49 heavy (non-hydrogen) atoms. The summed E-state index contributed by atoms with van der Waals surface area (Å²) in [4.78, 5) is 42.1. The second kappa shape index (κ2) is 12.5. The van der Waals surface area contributed by atoms with E-state index >= 15 is 4.79 Å². The van der Waals surface area contributed by atoms with Gasteiger partial charge < -0.3 is 24.2 Å². The van der Waals surface area contributed by atoms with Crippen molar-refractivity contribution in [1.29, 1.82) is 0 Å². The van der Waals surface area contributed by atoms with Crippen LogP contribution in [0.25, 0.3) is 0 Å². The smallest absolute Gasteiger partial charge is 0.497 e. The summed E-state index contributed by atoms with van der Waals surface area (Å²) in [6.07, 6.45) is -6.77. The lowest BCUT2D eigenvalue weighted by molar-refractivity contribution is -0.729. The molecule has 2 aliphatic heterocycles. The van der Waals surface area contributed by atoms with Crippen LogP contribution in [0.2, 0.25) is 0 Å². The highest BCUT2D eigenvalue weighted by molar-refractivity contribution is 7.93. The molecule has 2 N–H and O–H groups in total. The second-order valence-corrected chi connectivity index (χ2v) is 13.4. The number of hydrogen-bond donors (Lipinski definition) is 2. The molecular weight excluding hydrogens is 677 g/mol. The molecule has 2 heterocycles. The molecule has 3 aromatic carbocycles. The molecule has 3 atom stereocenters. The summed E-state index contributed by atoms with van der Waals surface area (Å²) in [5.74, 6) is -3.25.